The lowest BCUT2D eigenvalue weighted by molar-refractivity contribution is -0.277. The molecule has 1 fully saturated rings. The number of carbonyl (C=O) groups is 2. The van der Waals surface area contributed by atoms with Gasteiger partial charge in [-0.1, -0.05) is 24.3 Å². The van der Waals surface area contributed by atoms with Crippen molar-refractivity contribution >= 4 is 11.9 Å². The molecule has 7 atom stereocenters. The Balaban J connectivity index is 1.65. The molecular weight excluding hydrogens is 504 g/mol. The fraction of sp³-hybridized carbons (Fsp3) is 0.462. The summed E-state index contributed by atoms with van der Waals surface area (Å²) in [5.41, 5.74) is -1.21. The number of aliphatic hydroxyl groups excluding tert-OH is 4. The smallest absolute Gasteiger partial charge is 0.342 e. The van der Waals surface area contributed by atoms with Crippen LogP contribution in [0.15, 0.2) is 48.5 Å². The topological polar surface area (TPSA) is 192 Å². The molecule has 3 rings (SSSR count). The first-order valence-corrected chi connectivity index (χ1v) is 11.9. The summed E-state index contributed by atoms with van der Waals surface area (Å²) in [6.45, 7) is 1.68. The summed E-state index contributed by atoms with van der Waals surface area (Å²) in [5.74, 6) is -1.49. The second-order valence-corrected chi connectivity index (χ2v) is 9.05. The van der Waals surface area contributed by atoms with Gasteiger partial charge < -0.3 is 49.6 Å². The SMILES string of the molecule is CC(=O)OC(C)C(O)(Cc1ccc(O)cc1)C(=O)OCc1ccc(OC2OC(CO)C(O)C(O)C2O)cc1. The fourth-order valence-electron chi connectivity index (χ4n) is 3.89. The first-order valence-electron chi connectivity index (χ1n) is 11.9. The molecule has 1 aliphatic heterocycles. The Morgan fingerprint density at radius 3 is 2.16 bits per heavy atom. The molecule has 0 radical (unpaired) electrons. The Kier molecular flexibility index (Phi) is 9.66. The Morgan fingerprint density at radius 2 is 1.58 bits per heavy atom. The zero-order valence-corrected chi connectivity index (χ0v) is 20.8. The molecule has 12 nitrogen and oxygen atoms in total. The zero-order valence-electron chi connectivity index (χ0n) is 20.8. The lowest BCUT2D eigenvalue weighted by atomic mass is 9.89. The van der Waals surface area contributed by atoms with Crippen LogP contribution < -0.4 is 4.74 Å². The van der Waals surface area contributed by atoms with Crippen LogP contribution in [-0.2, 0) is 36.8 Å². The standard InChI is InChI=1S/C26H32O12/c1-14(36-15(2)28)26(34,11-16-3-7-18(29)8-4-16)25(33)35-13-17-5-9-19(10-6-17)37-24-23(32)22(31)21(30)20(12-27)38-24/h3-10,14,20-24,27,29-32,34H,11-13H2,1-2H3. The molecule has 1 saturated heterocycles. The van der Waals surface area contributed by atoms with Crippen molar-refractivity contribution < 1.29 is 59.2 Å². The summed E-state index contributed by atoms with van der Waals surface area (Å²) in [7, 11) is 0. The van der Waals surface area contributed by atoms with Crippen molar-refractivity contribution in [1.29, 1.82) is 0 Å². The normalized spacial score (nSPS) is 25.6. The third-order valence-electron chi connectivity index (χ3n) is 6.17. The van der Waals surface area contributed by atoms with Gasteiger partial charge in [0.1, 0.15) is 48.6 Å². The molecule has 2 aromatic carbocycles. The van der Waals surface area contributed by atoms with E-state index in [2.05, 4.69) is 0 Å². The molecule has 0 bridgehead atoms. The highest BCUT2D eigenvalue weighted by Gasteiger charge is 2.46. The van der Waals surface area contributed by atoms with Crippen LogP contribution in [0.2, 0.25) is 0 Å². The fourth-order valence-corrected chi connectivity index (χ4v) is 3.89. The Morgan fingerprint density at radius 1 is 0.974 bits per heavy atom. The third kappa shape index (κ3) is 6.98. The van der Waals surface area contributed by atoms with E-state index in [4.69, 9.17) is 18.9 Å². The summed E-state index contributed by atoms with van der Waals surface area (Å²) in [4.78, 5) is 24.4. The van der Waals surface area contributed by atoms with Gasteiger partial charge in [0.2, 0.25) is 11.9 Å². The van der Waals surface area contributed by atoms with Crippen LogP contribution in [0, 0.1) is 0 Å². The lowest BCUT2D eigenvalue weighted by Gasteiger charge is -2.39. The molecule has 12 heteroatoms. The highest BCUT2D eigenvalue weighted by atomic mass is 16.7. The number of ether oxygens (including phenoxy) is 4. The largest absolute Gasteiger partial charge is 0.508 e. The molecule has 2 aromatic rings. The van der Waals surface area contributed by atoms with Crippen LogP contribution in [0.4, 0.5) is 0 Å². The van der Waals surface area contributed by atoms with Crippen molar-refractivity contribution in [3.05, 3.63) is 59.7 Å². The molecule has 0 aliphatic carbocycles. The number of rotatable bonds is 10. The van der Waals surface area contributed by atoms with E-state index in [-0.39, 0.29) is 24.5 Å². The molecule has 208 valence electrons. The second-order valence-electron chi connectivity index (χ2n) is 9.05. The van der Waals surface area contributed by atoms with Crippen LogP contribution in [0.5, 0.6) is 11.5 Å². The van der Waals surface area contributed by atoms with Gasteiger partial charge in [-0.05, 0) is 42.3 Å². The van der Waals surface area contributed by atoms with Crippen molar-refractivity contribution in [2.75, 3.05) is 6.61 Å². The van der Waals surface area contributed by atoms with Crippen molar-refractivity contribution in [2.24, 2.45) is 0 Å². The van der Waals surface area contributed by atoms with Crippen molar-refractivity contribution in [3.63, 3.8) is 0 Å². The van der Waals surface area contributed by atoms with Crippen LogP contribution in [0.1, 0.15) is 25.0 Å². The maximum Gasteiger partial charge on any atom is 0.342 e. The molecule has 0 amide bonds. The predicted molar refractivity (Wildman–Crippen MR) is 129 cm³/mol. The number of esters is 2. The molecule has 7 unspecified atom stereocenters. The molecule has 0 saturated carbocycles. The van der Waals surface area contributed by atoms with E-state index in [1.165, 1.54) is 43.3 Å². The van der Waals surface area contributed by atoms with Gasteiger partial charge in [-0.25, -0.2) is 4.79 Å². The number of phenols is 1. The summed E-state index contributed by atoms with van der Waals surface area (Å²) in [6, 6.07) is 11.9. The van der Waals surface area contributed by atoms with E-state index < -0.39 is 61.0 Å². The van der Waals surface area contributed by atoms with Gasteiger partial charge in [-0.15, -0.1) is 0 Å². The van der Waals surface area contributed by atoms with Gasteiger partial charge >= 0.3 is 11.9 Å². The van der Waals surface area contributed by atoms with Gasteiger partial charge in [0.25, 0.3) is 0 Å². The Hall–Kier alpha value is -3.26. The highest BCUT2D eigenvalue weighted by Crippen LogP contribution is 2.26. The maximum absolute atomic E-state index is 13.0. The number of benzene rings is 2. The first kappa shape index (κ1) is 29.3. The van der Waals surface area contributed by atoms with Crippen molar-refractivity contribution in [2.45, 2.75) is 69.3 Å². The Bertz CT molecular complexity index is 1070. The quantitative estimate of drug-likeness (QED) is 0.214. The summed E-state index contributed by atoms with van der Waals surface area (Å²) >= 11 is 0. The number of carbonyl (C=O) groups excluding carboxylic acids is 2. The van der Waals surface area contributed by atoms with Crippen molar-refractivity contribution in [3.8, 4) is 11.5 Å². The van der Waals surface area contributed by atoms with Gasteiger partial charge in [-0.2, -0.15) is 0 Å². The van der Waals surface area contributed by atoms with Crippen molar-refractivity contribution in [1.82, 2.24) is 0 Å². The van der Waals surface area contributed by atoms with Crippen LogP contribution in [-0.4, -0.2) is 91.6 Å². The number of aliphatic hydroxyl groups is 5. The molecular formula is C26H32O12. The molecule has 6 N–H and O–H groups in total. The highest BCUT2D eigenvalue weighted by molar-refractivity contribution is 5.81. The lowest BCUT2D eigenvalue weighted by Crippen LogP contribution is -2.60. The second kappa shape index (κ2) is 12.5. The predicted octanol–water partition coefficient (Wildman–Crippen LogP) is -0.460. The van der Waals surface area contributed by atoms with Crippen LogP contribution in [0.3, 0.4) is 0 Å². The number of aromatic hydroxyl groups is 1. The minimum Gasteiger partial charge on any atom is -0.508 e. The Labute approximate surface area is 218 Å². The molecule has 0 aromatic heterocycles. The maximum atomic E-state index is 13.0. The van der Waals surface area contributed by atoms with Gasteiger partial charge in [-0.3, -0.25) is 4.79 Å². The number of hydrogen-bond acceptors (Lipinski definition) is 12. The third-order valence-corrected chi connectivity index (χ3v) is 6.17. The monoisotopic (exact) mass is 536 g/mol. The summed E-state index contributed by atoms with van der Waals surface area (Å²) < 4.78 is 21.2. The molecule has 1 heterocycles. The minimum atomic E-state index is -2.21. The van der Waals surface area contributed by atoms with Gasteiger partial charge in [0.15, 0.2) is 0 Å². The average molecular weight is 537 g/mol. The van der Waals surface area contributed by atoms with Crippen LogP contribution >= 0.6 is 0 Å². The zero-order chi connectivity index (χ0) is 28.0. The van der Waals surface area contributed by atoms with E-state index in [1.54, 1.807) is 12.1 Å². The van der Waals surface area contributed by atoms with Gasteiger partial charge in [0.05, 0.1) is 6.61 Å². The van der Waals surface area contributed by atoms with E-state index in [0.717, 1.165) is 6.92 Å². The minimum absolute atomic E-state index is 0.00636. The van der Waals surface area contributed by atoms with E-state index in [1.807, 2.05) is 0 Å². The first-order chi connectivity index (χ1) is 17.9. The van der Waals surface area contributed by atoms with E-state index in [9.17, 15) is 40.2 Å². The van der Waals surface area contributed by atoms with Crippen LogP contribution in [0.25, 0.3) is 0 Å². The van der Waals surface area contributed by atoms with E-state index in [0.29, 0.717) is 11.1 Å². The molecule has 0 spiro atoms. The number of hydrogen-bond donors (Lipinski definition) is 6. The average Bonchev–Trinajstić information content (AvgIpc) is 2.89. The van der Waals surface area contributed by atoms with Gasteiger partial charge in [0, 0.05) is 13.3 Å². The van der Waals surface area contributed by atoms with E-state index >= 15 is 0 Å². The molecule has 38 heavy (non-hydrogen) atoms. The molecule has 1 aliphatic rings. The number of phenolic OH excluding ortho intramolecular Hbond substituents is 1. The summed E-state index contributed by atoms with van der Waals surface area (Å²) in [5, 5.41) is 59.9. The summed E-state index contributed by atoms with van der Waals surface area (Å²) in [6.07, 6.45) is -8.62.